The van der Waals surface area contributed by atoms with E-state index in [-0.39, 0.29) is 11.4 Å². The van der Waals surface area contributed by atoms with Crippen molar-refractivity contribution in [1.29, 1.82) is 0 Å². The van der Waals surface area contributed by atoms with Crippen molar-refractivity contribution >= 4 is 27.4 Å². The van der Waals surface area contributed by atoms with Gasteiger partial charge in [-0.05, 0) is 15.9 Å². The average molecular weight is 278 g/mol. The Kier molecular flexibility index (Phi) is 2.11. The maximum Gasteiger partial charge on any atom is 0.213 e. The lowest BCUT2D eigenvalue weighted by Crippen LogP contribution is -2.01. The summed E-state index contributed by atoms with van der Waals surface area (Å²) in [7, 11) is 0. The summed E-state index contributed by atoms with van der Waals surface area (Å²) in [4.78, 5) is 11.3. The Morgan fingerprint density at radius 1 is 1.13 bits per heavy atom. The molecule has 0 saturated carbocycles. The van der Waals surface area contributed by atoms with Crippen LogP contribution < -0.4 is 5.32 Å². The summed E-state index contributed by atoms with van der Waals surface area (Å²) in [5, 5.41) is 2.27. The van der Waals surface area contributed by atoms with Crippen LogP contribution >= 0.6 is 15.9 Å². The normalized spacial score (nSPS) is 14.1. The molecule has 0 spiro atoms. The average Bonchev–Trinajstić information content (AvgIpc) is 2.50. The van der Waals surface area contributed by atoms with Crippen molar-refractivity contribution in [2.75, 3.05) is 5.32 Å². The van der Waals surface area contributed by atoms with Crippen molar-refractivity contribution in [3.63, 3.8) is 0 Å². The lowest BCUT2D eigenvalue weighted by molar-refractivity contribution is 0.103. The van der Waals surface area contributed by atoms with Crippen LogP contribution in [-0.4, -0.2) is 5.78 Å². The van der Waals surface area contributed by atoms with E-state index in [1.165, 1.54) is 0 Å². The van der Waals surface area contributed by atoms with Crippen LogP contribution in [0.25, 0.3) is 0 Å². The molecular formula is C9H3BrF3NO. The molecule has 2 nitrogen and oxygen atoms in total. The molecule has 1 aromatic carbocycles. The van der Waals surface area contributed by atoms with Crippen molar-refractivity contribution in [2.45, 2.75) is 0 Å². The number of nitrogens with one attached hydrogen (secondary N) is 1. The molecule has 0 saturated heterocycles. The van der Waals surface area contributed by atoms with E-state index in [2.05, 4.69) is 27.8 Å². The third kappa shape index (κ3) is 1.21. The molecule has 0 amide bonds. The number of carbonyl (C=O) groups excluding carboxylic acids is 1. The van der Waals surface area contributed by atoms with Gasteiger partial charge in [0.15, 0.2) is 17.5 Å². The van der Waals surface area contributed by atoms with E-state index in [0.717, 1.165) is 0 Å². The highest BCUT2D eigenvalue weighted by molar-refractivity contribution is 9.10. The number of allylic oxidation sites excluding steroid dienone is 1. The molecule has 0 unspecified atom stereocenters. The fraction of sp³-hybridized carbons (Fsp3) is 0. The fourth-order valence-corrected chi connectivity index (χ4v) is 1.69. The highest BCUT2D eigenvalue weighted by Crippen LogP contribution is 2.37. The van der Waals surface area contributed by atoms with E-state index in [9.17, 15) is 18.0 Å². The second kappa shape index (κ2) is 3.10. The molecule has 0 radical (unpaired) electrons. The number of rotatable bonds is 0. The summed E-state index contributed by atoms with van der Waals surface area (Å²) in [6.07, 6.45) is 0. The molecule has 1 aliphatic heterocycles. The molecule has 2 rings (SSSR count). The highest BCUT2D eigenvalue weighted by Gasteiger charge is 2.34. The number of fused-ring (bicyclic) bond motifs is 1. The minimum atomic E-state index is -1.42. The Hall–Kier alpha value is -1.30. The van der Waals surface area contributed by atoms with Crippen LogP contribution in [0.2, 0.25) is 0 Å². The summed E-state index contributed by atoms with van der Waals surface area (Å²) in [5.41, 5.74) is -1.20. The Morgan fingerprint density at radius 2 is 1.73 bits per heavy atom. The molecule has 0 aromatic heterocycles. The third-order valence-corrected chi connectivity index (χ3v) is 2.74. The summed E-state index contributed by atoms with van der Waals surface area (Å²) in [6.45, 7) is 3.26. The summed E-state index contributed by atoms with van der Waals surface area (Å²) >= 11 is 2.55. The van der Waals surface area contributed by atoms with E-state index in [0.29, 0.717) is 0 Å². The first-order valence-corrected chi connectivity index (χ1v) is 4.61. The van der Waals surface area contributed by atoms with Crippen LogP contribution in [-0.2, 0) is 0 Å². The van der Waals surface area contributed by atoms with Crippen LogP contribution in [0.3, 0.4) is 0 Å². The largest absolute Gasteiger partial charge is 0.350 e. The quantitative estimate of drug-likeness (QED) is 0.449. The summed E-state index contributed by atoms with van der Waals surface area (Å²) < 4.78 is 39.1. The van der Waals surface area contributed by atoms with Gasteiger partial charge in [0.1, 0.15) is 0 Å². The molecule has 1 heterocycles. The monoisotopic (exact) mass is 277 g/mol. The first-order valence-electron chi connectivity index (χ1n) is 3.81. The van der Waals surface area contributed by atoms with Gasteiger partial charge in [-0.15, -0.1) is 0 Å². The van der Waals surface area contributed by atoms with Crippen LogP contribution in [0, 0.1) is 17.5 Å². The van der Waals surface area contributed by atoms with Crippen LogP contribution in [0.5, 0.6) is 0 Å². The Bertz CT molecular complexity index is 513. The number of carbonyl (C=O) groups is 1. The molecule has 0 aliphatic carbocycles. The summed E-state index contributed by atoms with van der Waals surface area (Å²) in [6, 6.07) is 0. The number of hydrogen-bond donors (Lipinski definition) is 1. The molecule has 0 bridgehead atoms. The van der Waals surface area contributed by atoms with Gasteiger partial charge in [0.25, 0.3) is 0 Å². The van der Waals surface area contributed by atoms with Gasteiger partial charge in [-0.2, -0.15) is 0 Å². The molecule has 1 aromatic rings. The standard InChI is InChI=1S/C9H3BrF3NO/c1-2-9(15)3-5(11)6(12)4(10)7(13)8(3)14-2/h14H,1H2. The number of Topliss-reactive ketones (excluding diaryl/α,β-unsaturated/α-hetero) is 1. The van der Waals surface area contributed by atoms with E-state index < -0.39 is 33.3 Å². The minimum absolute atomic E-state index is 0.180. The van der Waals surface area contributed by atoms with Crippen molar-refractivity contribution in [1.82, 2.24) is 0 Å². The number of halogens is 4. The number of hydrogen-bond acceptors (Lipinski definition) is 2. The van der Waals surface area contributed by atoms with Gasteiger partial charge >= 0.3 is 0 Å². The molecule has 1 N–H and O–H groups in total. The molecular weight excluding hydrogens is 275 g/mol. The fourth-order valence-electron chi connectivity index (χ4n) is 1.32. The lowest BCUT2D eigenvalue weighted by Gasteiger charge is -2.04. The van der Waals surface area contributed by atoms with Crippen LogP contribution in [0.15, 0.2) is 16.7 Å². The zero-order valence-electron chi connectivity index (χ0n) is 7.13. The SMILES string of the molecule is C=C1Nc2c(F)c(Br)c(F)c(F)c2C1=O. The van der Waals surface area contributed by atoms with Gasteiger partial charge in [-0.3, -0.25) is 4.79 Å². The van der Waals surface area contributed by atoms with Gasteiger partial charge in [0.2, 0.25) is 5.78 Å². The molecule has 0 atom stereocenters. The second-order valence-electron chi connectivity index (χ2n) is 2.94. The van der Waals surface area contributed by atoms with E-state index in [1.54, 1.807) is 0 Å². The second-order valence-corrected chi connectivity index (χ2v) is 3.73. The maximum atomic E-state index is 13.4. The topological polar surface area (TPSA) is 29.1 Å². The van der Waals surface area contributed by atoms with Gasteiger partial charge in [-0.25, -0.2) is 13.2 Å². The van der Waals surface area contributed by atoms with Gasteiger partial charge in [0.05, 0.1) is 21.4 Å². The van der Waals surface area contributed by atoms with Crippen molar-refractivity contribution in [3.05, 3.63) is 39.8 Å². The number of benzene rings is 1. The minimum Gasteiger partial charge on any atom is -0.350 e. The van der Waals surface area contributed by atoms with Crippen molar-refractivity contribution in [3.8, 4) is 0 Å². The van der Waals surface area contributed by atoms with Gasteiger partial charge in [-0.1, -0.05) is 6.58 Å². The summed E-state index contributed by atoms with van der Waals surface area (Å²) in [5.74, 6) is -4.69. The molecule has 78 valence electrons. The number of ketones is 1. The lowest BCUT2D eigenvalue weighted by atomic mass is 10.1. The van der Waals surface area contributed by atoms with Crippen molar-refractivity contribution < 1.29 is 18.0 Å². The zero-order valence-corrected chi connectivity index (χ0v) is 8.71. The smallest absolute Gasteiger partial charge is 0.213 e. The molecule has 0 fully saturated rings. The van der Waals surface area contributed by atoms with E-state index in [1.807, 2.05) is 0 Å². The third-order valence-electron chi connectivity index (χ3n) is 2.04. The molecule has 15 heavy (non-hydrogen) atoms. The predicted octanol–water partition coefficient (Wildman–Crippen LogP) is 2.99. The highest BCUT2D eigenvalue weighted by atomic mass is 79.9. The first kappa shape index (κ1) is 10.2. The molecule has 6 heteroatoms. The van der Waals surface area contributed by atoms with Gasteiger partial charge < -0.3 is 5.32 Å². The first-order chi connectivity index (χ1) is 6.95. The Morgan fingerprint density at radius 3 is 2.33 bits per heavy atom. The number of anilines is 1. The van der Waals surface area contributed by atoms with Crippen LogP contribution in [0.1, 0.15) is 10.4 Å². The zero-order chi connectivity index (χ0) is 11.3. The van der Waals surface area contributed by atoms with Gasteiger partial charge in [0, 0.05) is 0 Å². The Balaban J connectivity index is 2.86. The van der Waals surface area contributed by atoms with Crippen LogP contribution in [0.4, 0.5) is 18.9 Å². The predicted molar refractivity (Wildman–Crippen MR) is 51.1 cm³/mol. The molecule has 1 aliphatic rings. The van der Waals surface area contributed by atoms with E-state index >= 15 is 0 Å². The Labute approximate surface area is 90.9 Å². The van der Waals surface area contributed by atoms with E-state index in [4.69, 9.17) is 0 Å². The maximum absolute atomic E-state index is 13.4. The van der Waals surface area contributed by atoms with Crippen molar-refractivity contribution in [2.24, 2.45) is 0 Å².